The van der Waals surface area contributed by atoms with Crippen molar-refractivity contribution in [3.63, 3.8) is 0 Å². The Balaban J connectivity index is 6.80. The van der Waals surface area contributed by atoms with E-state index in [2.05, 4.69) is 0 Å². The number of rotatable bonds is 7. The van der Waals surface area contributed by atoms with Crippen LogP contribution in [0.25, 0.3) is 0 Å². The number of thiol groups is 1. The topological polar surface area (TPSA) is 34.1 Å². The van der Waals surface area contributed by atoms with Crippen molar-refractivity contribution >= 4 is 10.7 Å². The summed E-state index contributed by atoms with van der Waals surface area (Å²) in [6.07, 6.45) is -7.84. The highest BCUT2D eigenvalue weighted by molar-refractivity contribution is 7.73. The van der Waals surface area contributed by atoms with E-state index in [0.717, 1.165) is 0 Å². The van der Waals surface area contributed by atoms with Crippen molar-refractivity contribution in [1.82, 2.24) is 0 Å². The van der Waals surface area contributed by atoms with Crippen LogP contribution in [0.3, 0.4) is 0 Å². The Labute approximate surface area is 142 Å². The molecule has 0 unspecified atom stereocenters. The molecule has 0 amide bonds. The monoisotopic (exact) mass is 484 g/mol. The normalized spacial score (nSPS) is 16.6. The largest absolute Gasteiger partial charge is 0.460 e. The van der Waals surface area contributed by atoms with Gasteiger partial charge in [0.25, 0.3) is 0 Å². The second kappa shape index (κ2) is 6.38. The van der Waals surface area contributed by atoms with Gasteiger partial charge in [0.05, 0.1) is 0 Å². The molecule has 0 bridgehead atoms. The molecule has 0 rings (SSSR count). The van der Waals surface area contributed by atoms with Gasteiger partial charge in [0.15, 0.2) is 0 Å². The lowest BCUT2D eigenvalue weighted by molar-refractivity contribution is -0.458. The highest BCUT2D eigenvalue weighted by atomic mass is 32.2. The fraction of sp³-hybridized carbons (Fsp3) is 1.00. The molecule has 0 fully saturated rings. The molecule has 0 aromatic heterocycles. The Bertz CT molecular complexity index is 663. The van der Waals surface area contributed by atoms with E-state index in [-0.39, 0.29) is 0 Å². The van der Waals surface area contributed by atoms with E-state index in [9.17, 15) is 83.1 Å². The lowest BCUT2D eigenvalue weighted by atomic mass is 9.91. The van der Waals surface area contributed by atoms with Crippen molar-refractivity contribution in [2.75, 3.05) is 0 Å². The zero-order valence-electron chi connectivity index (χ0n) is 11.7. The first-order valence-corrected chi connectivity index (χ1v) is 6.73. The van der Waals surface area contributed by atoms with Gasteiger partial charge in [-0.05, 0) is 0 Å². The van der Waals surface area contributed by atoms with E-state index >= 15 is 0 Å². The third-order valence-corrected chi connectivity index (χ3v) is 3.67. The zero-order valence-corrected chi connectivity index (χ0v) is 12.6. The minimum absolute atomic E-state index is 6.21. The van der Waals surface area contributed by atoms with Crippen LogP contribution < -0.4 is 0 Å². The maximum absolute atomic E-state index is 13.0. The SMILES string of the molecule is O=[SH](=O)C(F)(F)C(F)(F)C(F)(F)C(F)(F)C(F)(F)C(F)(F)C(F)(F)C(F)(F)F. The van der Waals surface area contributed by atoms with Crippen LogP contribution in [-0.2, 0) is 10.7 Å². The molecule has 0 aliphatic rings. The summed E-state index contributed by atoms with van der Waals surface area (Å²) in [6, 6.07) is 0. The Hall–Kier alpha value is -1.24. The number of hydrogen-bond donors (Lipinski definition) is 1. The van der Waals surface area contributed by atoms with Crippen molar-refractivity contribution in [3.05, 3.63) is 0 Å². The molecule has 0 atom stereocenters. The summed E-state index contributed by atoms with van der Waals surface area (Å²) in [7, 11) is -6.21. The Morgan fingerprint density at radius 1 is 0.357 bits per heavy atom. The standard InChI is InChI=1S/C8HF17O2S/c9-1(10,3(13,14)5(17,18)7(21,22)23)2(11,12)4(15,16)6(19,20)8(24,25)28(26)27/h28H. The summed E-state index contributed by atoms with van der Waals surface area (Å²) >= 11 is 0. The summed E-state index contributed by atoms with van der Waals surface area (Å²) in [5.41, 5.74) is 0. The van der Waals surface area contributed by atoms with Crippen molar-refractivity contribution in [3.8, 4) is 0 Å². The van der Waals surface area contributed by atoms with Crippen molar-refractivity contribution < 1.29 is 83.1 Å². The minimum Gasteiger partial charge on any atom is -0.225 e. The molecular weight excluding hydrogens is 483 g/mol. The molecule has 0 aromatic rings. The Kier molecular flexibility index (Phi) is 6.10. The molecule has 0 aliphatic heterocycles. The average molecular weight is 484 g/mol. The van der Waals surface area contributed by atoms with E-state index in [0.29, 0.717) is 0 Å². The van der Waals surface area contributed by atoms with Crippen LogP contribution >= 0.6 is 0 Å². The predicted octanol–water partition coefficient (Wildman–Crippen LogP) is 4.56. The molecule has 170 valence electrons. The highest BCUT2D eigenvalue weighted by Crippen LogP contribution is 2.63. The van der Waals surface area contributed by atoms with Crippen LogP contribution in [0.15, 0.2) is 0 Å². The molecular formula is C8HF17O2S. The predicted molar refractivity (Wildman–Crippen MR) is 51.0 cm³/mol. The number of hydrogen-bond acceptors (Lipinski definition) is 2. The highest BCUT2D eigenvalue weighted by Gasteiger charge is 2.95. The molecule has 0 N–H and O–H groups in total. The summed E-state index contributed by atoms with van der Waals surface area (Å²) in [6.45, 7) is 0. The molecule has 0 saturated heterocycles. The van der Waals surface area contributed by atoms with E-state index < -0.39 is 57.7 Å². The quantitative estimate of drug-likeness (QED) is 0.425. The zero-order chi connectivity index (χ0) is 23.6. The van der Waals surface area contributed by atoms with Crippen LogP contribution in [0.5, 0.6) is 0 Å². The van der Waals surface area contributed by atoms with Crippen molar-refractivity contribution in [2.24, 2.45) is 0 Å². The van der Waals surface area contributed by atoms with Gasteiger partial charge in [-0.1, -0.05) is 0 Å². The minimum atomic E-state index is -8.77. The lowest BCUT2D eigenvalue weighted by Gasteiger charge is -2.42. The molecule has 2 nitrogen and oxygen atoms in total. The van der Waals surface area contributed by atoms with Crippen LogP contribution in [0, 0.1) is 0 Å². The van der Waals surface area contributed by atoms with Crippen molar-refractivity contribution in [1.29, 1.82) is 0 Å². The molecule has 20 heteroatoms. The molecule has 0 spiro atoms. The third-order valence-electron chi connectivity index (χ3n) is 2.93. The van der Waals surface area contributed by atoms with Gasteiger partial charge in [-0.3, -0.25) is 0 Å². The van der Waals surface area contributed by atoms with E-state index in [1.165, 1.54) is 0 Å². The van der Waals surface area contributed by atoms with Gasteiger partial charge < -0.3 is 0 Å². The lowest BCUT2D eigenvalue weighted by Crippen LogP contribution is -2.74. The molecule has 0 radical (unpaired) electrons. The second-order valence-corrected chi connectivity index (χ2v) is 5.82. The summed E-state index contributed by atoms with van der Waals surface area (Å²) in [5.74, 6) is -51.2. The molecule has 0 aliphatic carbocycles. The third kappa shape index (κ3) is 3.04. The van der Waals surface area contributed by atoms with Gasteiger partial charge in [-0.15, -0.1) is 0 Å². The van der Waals surface area contributed by atoms with Gasteiger partial charge >= 0.3 is 47.0 Å². The van der Waals surface area contributed by atoms with Crippen LogP contribution in [0.1, 0.15) is 0 Å². The number of alkyl halides is 17. The maximum Gasteiger partial charge on any atom is 0.460 e. The van der Waals surface area contributed by atoms with Gasteiger partial charge in [0.1, 0.15) is 0 Å². The molecule has 0 aromatic carbocycles. The van der Waals surface area contributed by atoms with E-state index in [1.807, 2.05) is 0 Å². The first kappa shape index (κ1) is 26.8. The van der Waals surface area contributed by atoms with E-state index in [1.54, 1.807) is 0 Å². The summed E-state index contributed by atoms with van der Waals surface area (Å²) in [4.78, 5) is 0. The van der Waals surface area contributed by atoms with Gasteiger partial charge in [-0.25, -0.2) is 8.42 Å². The summed E-state index contributed by atoms with van der Waals surface area (Å²) < 4.78 is 234. The smallest absolute Gasteiger partial charge is 0.225 e. The fourth-order valence-electron chi connectivity index (χ4n) is 1.27. The fourth-order valence-corrected chi connectivity index (χ4v) is 1.64. The van der Waals surface area contributed by atoms with Gasteiger partial charge in [-0.2, -0.15) is 74.6 Å². The second-order valence-electron chi connectivity index (χ2n) is 4.74. The average Bonchev–Trinajstić information content (AvgIpc) is 2.44. The first-order chi connectivity index (χ1) is 11.7. The van der Waals surface area contributed by atoms with Crippen LogP contribution in [0.4, 0.5) is 74.6 Å². The molecule has 0 heterocycles. The molecule has 28 heavy (non-hydrogen) atoms. The molecule has 0 saturated carbocycles. The van der Waals surface area contributed by atoms with Gasteiger partial charge in [0.2, 0.25) is 10.7 Å². The van der Waals surface area contributed by atoms with Crippen LogP contribution in [-0.4, -0.2) is 55.4 Å². The van der Waals surface area contributed by atoms with Gasteiger partial charge in [0, 0.05) is 0 Å². The first-order valence-electron chi connectivity index (χ1n) is 5.55. The maximum atomic E-state index is 13.0. The Morgan fingerprint density at radius 3 is 0.786 bits per heavy atom. The number of halogens is 17. The van der Waals surface area contributed by atoms with Crippen molar-refractivity contribution in [2.45, 2.75) is 47.0 Å². The Morgan fingerprint density at radius 2 is 0.571 bits per heavy atom. The van der Waals surface area contributed by atoms with Crippen LogP contribution in [0.2, 0.25) is 0 Å². The summed E-state index contributed by atoms with van der Waals surface area (Å²) in [5, 5.41) is -7.35. The van der Waals surface area contributed by atoms with E-state index in [4.69, 9.17) is 0 Å².